The van der Waals surface area contributed by atoms with Crippen LogP contribution in [0.2, 0.25) is 0 Å². The molecule has 0 saturated carbocycles. The minimum atomic E-state index is -0.812. The van der Waals surface area contributed by atoms with E-state index < -0.39 is 11.9 Å². The third kappa shape index (κ3) is 7.39. The molecule has 4 aliphatic heterocycles. The van der Waals surface area contributed by atoms with E-state index in [1.807, 2.05) is 17.0 Å². The molecule has 0 spiro atoms. The van der Waals surface area contributed by atoms with E-state index in [2.05, 4.69) is 20.0 Å². The topological polar surface area (TPSA) is 133 Å². The fraction of sp³-hybridized carbons (Fsp3) is 0.541. The average molecular weight is 688 g/mol. The summed E-state index contributed by atoms with van der Waals surface area (Å²) in [4.78, 5) is 60.5. The number of piperazine rings is 1. The van der Waals surface area contributed by atoms with Crippen molar-refractivity contribution in [1.29, 1.82) is 0 Å². The highest BCUT2D eigenvalue weighted by Crippen LogP contribution is 2.27. The number of amides is 3. The quantitative estimate of drug-likeness (QED) is 0.388. The second-order valence-electron chi connectivity index (χ2n) is 14.4. The Balaban J connectivity index is 0.866. The maximum absolute atomic E-state index is 15.0. The summed E-state index contributed by atoms with van der Waals surface area (Å²) >= 11 is 0. The van der Waals surface area contributed by atoms with Gasteiger partial charge in [-0.25, -0.2) is 14.3 Å². The number of hydrogen-bond acceptors (Lipinski definition) is 7. The molecule has 0 radical (unpaired) electrons. The van der Waals surface area contributed by atoms with Gasteiger partial charge in [0.15, 0.2) is 0 Å². The van der Waals surface area contributed by atoms with Gasteiger partial charge in [-0.1, -0.05) is 24.3 Å². The van der Waals surface area contributed by atoms with Crippen molar-refractivity contribution in [2.45, 2.75) is 44.6 Å². The number of carbonyl (C=O) groups excluding carboxylic acids is 2. The molecule has 13 heteroatoms. The molecule has 12 nitrogen and oxygen atoms in total. The lowest BCUT2D eigenvalue weighted by Gasteiger charge is -2.43. The fourth-order valence-corrected chi connectivity index (χ4v) is 8.40. The van der Waals surface area contributed by atoms with Crippen molar-refractivity contribution in [2.75, 3.05) is 72.0 Å². The highest BCUT2D eigenvalue weighted by molar-refractivity contribution is 5.95. The summed E-state index contributed by atoms with van der Waals surface area (Å²) in [6, 6.07) is 12.2. The number of nitrogens with zero attached hydrogens (tertiary/aromatic N) is 6. The number of likely N-dealkylation sites (tertiary alicyclic amines) is 3. The van der Waals surface area contributed by atoms with Crippen molar-refractivity contribution in [3.05, 3.63) is 75.5 Å². The highest BCUT2D eigenvalue weighted by atomic mass is 19.1. The molecule has 50 heavy (non-hydrogen) atoms. The molecular formula is C37H46FN7O5. The lowest BCUT2D eigenvalue weighted by molar-refractivity contribution is -0.138. The minimum Gasteiger partial charge on any atom is -0.465 e. The smallest absolute Gasteiger partial charge is 0.407 e. The summed E-state index contributed by atoms with van der Waals surface area (Å²) in [6.07, 6.45) is 4.35. The molecule has 1 atom stereocenters. The first kappa shape index (κ1) is 34.1. The highest BCUT2D eigenvalue weighted by Gasteiger charge is 2.35. The van der Waals surface area contributed by atoms with E-state index in [4.69, 9.17) is 0 Å². The molecule has 0 bridgehead atoms. The summed E-state index contributed by atoms with van der Waals surface area (Å²) in [5, 5.41) is 17.2. The Hall–Kier alpha value is -4.36. The first-order valence-electron chi connectivity index (χ1n) is 18.0. The normalized spacial score (nSPS) is 21.6. The third-order valence-corrected chi connectivity index (χ3v) is 11.3. The van der Waals surface area contributed by atoms with Crippen LogP contribution in [0.1, 0.15) is 53.7 Å². The standard InChI is InChI=1S/C37H46FN7O5/c38-32-6-5-25(22-33-29-3-1-2-4-30(29)34(46)40-39-33)21-31(32)36(48)44-19-17-43(18-20-44)35(47)27-8-15-42(16-9-27)28-10-12-41(13-11-28)23-26-7-14-45(24-26)37(49)50/h1-6,21,26-28H,7-20,22-24H2,(H,40,46)(H,49,50)/t26-/m1/s1. The predicted molar refractivity (Wildman–Crippen MR) is 186 cm³/mol. The van der Waals surface area contributed by atoms with E-state index in [9.17, 15) is 28.7 Å². The van der Waals surface area contributed by atoms with Gasteiger partial charge in [-0.15, -0.1) is 0 Å². The van der Waals surface area contributed by atoms with Gasteiger partial charge in [0.1, 0.15) is 5.82 Å². The first-order chi connectivity index (χ1) is 24.2. The molecule has 4 fully saturated rings. The van der Waals surface area contributed by atoms with Crippen molar-refractivity contribution in [3.8, 4) is 0 Å². The number of nitrogens with one attached hydrogen (secondary N) is 1. The van der Waals surface area contributed by atoms with Crippen LogP contribution >= 0.6 is 0 Å². The maximum atomic E-state index is 15.0. The molecule has 266 valence electrons. The van der Waals surface area contributed by atoms with Crippen molar-refractivity contribution < 1.29 is 23.9 Å². The molecule has 2 N–H and O–H groups in total. The molecule has 0 aliphatic carbocycles. The van der Waals surface area contributed by atoms with Crippen LogP contribution in [0.3, 0.4) is 0 Å². The van der Waals surface area contributed by atoms with Gasteiger partial charge in [-0.2, -0.15) is 5.10 Å². The predicted octanol–water partition coefficient (Wildman–Crippen LogP) is 3.11. The van der Waals surface area contributed by atoms with Gasteiger partial charge in [0.2, 0.25) is 5.91 Å². The zero-order valence-electron chi connectivity index (χ0n) is 28.4. The number of hydrogen-bond donors (Lipinski definition) is 2. The second kappa shape index (κ2) is 14.9. The van der Waals surface area contributed by atoms with Gasteiger partial charge in [-0.05, 0) is 88.0 Å². The number of fused-ring (bicyclic) bond motifs is 1. The number of carbonyl (C=O) groups is 3. The summed E-state index contributed by atoms with van der Waals surface area (Å²) in [7, 11) is 0. The molecule has 5 heterocycles. The molecule has 3 aromatic rings. The zero-order valence-corrected chi connectivity index (χ0v) is 28.4. The first-order valence-corrected chi connectivity index (χ1v) is 18.0. The molecular weight excluding hydrogens is 641 g/mol. The molecule has 0 unspecified atom stereocenters. The van der Waals surface area contributed by atoms with E-state index in [0.717, 1.165) is 64.8 Å². The van der Waals surface area contributed by atoms with Crippen LogP contribution in [0, 0.1) is 17.7 Å². The average Bonchev–Trinajstić information content (AvgIpc) is 3.62. The van der Waals surface area contributed by atoms with Crippen LogP contribution in [0.15, 0.2) is 47.3 Å². The largest absolute Gasteiger partial charge is 0.465 e. The number of H-pyrrole nitrogens is 1. The minimum absolute atomic E-state index is 0.00224. The Morgan fingerprint density at radius 2 is 1.52 bits per heavy atom. The third-order valence-electron chi connectivity index (χ3n) is 11.3. The van der Waals surface area contributed by atoms with Crippen LogP contribution in [0.5, 0.6) is 0 Å². The van der Waals surface area contributed by atoms with Crippen LogP contribution in [-0.2, 0) is 11.2 Å². The lowest BCUT2D eigenvalue weighted by Crippen LogP contribution is -2.54. The fourth-order valence-electron chi connectivity index (χ4n) is 8.40. The van der Waals surface area contributed by atoms with E-state index in [1.54, 1.807) is 29.2 Å². The van der Waals surface area contributed by atoms with Crippen LogP contribution < -0.4 is 5.56 Å². The molecule has 7 rings (SSSR count). The Bertz CT molecular complexity index is 1780. The monoisotopic (exact) mass is 687 g/mol. The number of carboxylic acid groups (broad SMARTS) is 1. The van der Waals surface area contributed by atoms with Crippen molar-refractivity contribution in [3.63, 3.8) is 0 Å². The van der Waals surface area contributed by atoms with Crippen LogP contribution in [-0.4, -0.2) is 136 Å². The van der Waals surface area contributed by atoms with E-state index in [0.29, 0.717) is 79.7 Å². The molecule has 4 saturated heterocycles. The van der Waals surface area contributed by atoms with Crippen molar-refractivity contribution >= 4 is 28.7 Å². The number of halogens is 1. The van der Waals surface area contributed by atoms with E-state index in [-0.39, 0.29) is 28.9 Å². The number of piperidine rings is 2. The van der Waals surface area contributed by atoms with E-state index >= 15 is 0 Å². The Kier molecular flexibility index (Phi) is 10.1. The molecule has 3 amide bonds. The van der Waals surface area contributed by atoms with Gasteiger partial charge < -0.3 is 29.6 Å². The van der Waals surface area contributed by atoms with Gasteiger partial charge >= 0.3 is 6.09 Å². The summed E-state index contributed by atoms with van der Waals surface area (Å²) in [6.45, 7) is 7.73. The summed E-state index contributed by atoms with van der Waals surface area (Å²) in [5.41, 5.74) is 1.07. The number of aromatic nitrogens is 2. The zero-order chi connectivity index (χ0) is 34.8. The lowest BCUT2D eigenvalue weighted by atomic mass is 9.92. The van der Waals surface area contributed by atoms with Crippen molar-refractivity contribution in [1.82, 2.24) is 34.7 Å². The van der Waals surface area contributed by atoms with Gasteiger partial charge in [0.25, 0.3) is 11.5 Å². The molecule has 2 aromatic carbocycles. The van der Waals surface area contributed by atoms with Crippen LogP contribution in [0.4, 0.5) is 9.18 Å². The second-order valence-corrected chi connectivity index (χ2v) is 14.4. The van der Waals surface area contributed by atoms with Gasteiger partial charge in [0.05, 0.1) is 16.6 Å². The number of aromatic amines is 1. The Morgan fingerprint density at radius 3 is 2.22 bits per heavy atom. The maximum Gasteiger partial charge on any atom is 0.407 e. The Labute approximate surface area is 290 Å². The van der Waals surface area contributed by atoms with Crippen molar-refractivity contribution in [2.24, 2.45) is 11.8 Å². The van der Waals surface area contributed by atoms with Gasteiger partial charge in [-0.3, -0.25) is 14.4 Å². The van der Waals surface area contributed by atoms with Gasteiger partial charge in [0, 0.05) is 69.6 Å². The van der Waals surface area contributed by atoms with E-state index in [1.165, 1.54) is 11.0 Å². The number of rotatable bonds is 7. The summed E-state index contributed by atoms with van der Waals surface area (Å²) in [5.74, 6) is -0.404. The SMILES string of the molecule is O=C(O)N1CC[C@H](CN2CCC(N3CCC(C(=O)N4CCN(C(=O)c5cc(Cc6n[nH]c(=O)c7ccccc67)ccc5F)CC4)CC3)CC2)C1. The molecule has 1 aromatic heterocycles. The van der Waals surface area contributed by atoms with Crippen LogP contribution in [0.25, 0.3) is 10.8 Å². The number of benzene rings is 2. The summed E-state index contributed by atoms with van der Waals surface area (Å²) < 4.78 is 15.0. The molecule has 4 aliphatic rings. The Morgan fingerprint density at radius 1 is 0.820 bits per heavy atom.